The summed E-state index contributed by atoms with van der Waals surface area (Å²) in [7, 11) is 0. The van der Waals surface area contributed by atoms with E-state index in [1.165, 1.54) is 12.1 Å². The molecule has 0 saturated carbocycles. The SMILES string of the molecule is Cc1nccn1-c1nccnc1[C@H]1CCCN(Cc2ccc(F)cc2)C1. The van der Waals surface area contributed by atoms with Crippen LogP contribution in [0.15, 0.2) is 49.1 Å². The largest absolute Gasteiger partial charge is 0.298 e. The minimum atomic E-state index is -0.190. The van der Waals surface area contributed by atoms with Gasteiger partial charge in [-0.3, -0.25) is 14.5 Å². The molecule has 5 nitrogen and oxygen atoms in total. The molecule has 1 saturated heterocycles. The highest BCUT2D eigenvalue weighted by atomic mass is 19.1. The monoisotopic (exact) mass is 351 g/mol. The van der Waals surface area contributed by atoms with Gasteiger partial charge < -0.3 is 0 Å². The fourth-order valence-corrected chi connectivity index (χ4v) is 3.69. The van der Waals surface area contributed by atoms with E-state index in [0.29, 0.717) is 5.92 Å². The summed E-state index contributed by atoms with van der Waals surface area (Å²) >= 11 is 0. The highest BCUT2D eigenvalue weighted by molar-refractivity contribution is 5.33. The molecule has 26 heavy (non-hydrogen) atoms. The van der Waals surface area contributed by atoms with Crippen molar-refractivity contribution in [2.75, 3.05) is 13.1 Å². The zero-order chi connectivity index (χ0) is 17.9. The van der Waals surface area contributed by atoms with Crippen molar-refractivity contribution in [2.24, 2.45) is 0 Å². The fourth-order valence-electron chi connectivity index (χ4n) is 3.69. The lowest BCUT2D eigenvalue weighted by Gasteiger charge is -2.33. The number of nitrogens with zero attached hydrogens (tertiary/aromatic N) is 5. The van der Waals surface area contributed by atoms with Crippen molar-refractivity contribution in [3.8, 4) is 5.82 Å². The van der Waals surface area contributed by atoms with Crippen molar-refractivity contribution >= 4 is 0 Å². The van der Waals surface area contributed by atoms with Crippen LogP contribution < -0.4 is 0 Å². The second kappa shape index (κ2) is 7.33. The third-order valence-electron chi connectivity index (χ3n) is 4.97. The Morgan fingerprint density at radius 1 is 1.08 bits per heavy atom. The van der Waals surface area contributed by atoms with Gasteiger partial charge in [0.15, 0.2) is 5.82 Å². The van der Waals surface area contributed by atoms with Crippen molar-refractivity contribution < 1.29 is 4.39 Å². The Labute approximate surface area is 152 Å². The normalized spacial score (nSPS) is 18.2. The number of benzene rings is 1. The lowest BCUT2D eigenvalue weighted by molar-refractivity contribution is 0.198. The zero-order valence-corrected chi connectivity index (χ0v) is 14.8. The number of hydrogen-bond acceptors (Lipinski definition) is 4. The summed E-state index contributed by atoms with van der Waals surface area (Å²) in [6, 6.07) is 6.78. The van der Waals surface area contributed by atoms with E-state index in [1.807, 2.05) is 29.8 Å². The maximum atomic E-state index is 13.1. The Bertz CT molecular complexity index is 874. The Morgan fingerprint density at radius 2 is 1.88 bits per heavy atom. The van der Waals surface area contributed by atoms with Crippen molar-refractivity contribution in [1.29, 1.82) is 0 Å². The first kappa shape index (κ1) is 16.8. The molecule has 0 aliphatic carbocycles. The first-order valence-corrected chi connectivity index (χ1v) is 8.99. The molecule has 3 heterocycles. The molecule has 0 spiro atoms. The van der Waals surface area contributed by atoms with Crippen LogP contribution >= 0.6 is 0 Å². The van der Waals surface area contributed by atoms with E-state index in [4.69, 9.17) is 0 Å². The molecule has 0 N–H and O–H groups in total. The highest BCUT2D eigenvalue weighted by Crippen LogP contribution is 2.29. The van der Waals surface area contributed by atoms with Crippen LogP contribution in [0, 0.1) is 12.7 Å². The summed E-state index contributed by atoms with van der Waals surface area (Å²) in [6.07, 6.45) is 9.43. The molecule has 4 rings (SSSR count). The van der Waals surface area contributed by atoms with Gasteiger partial charge in [-0.2, -0.15) is 0 Å². The molecule has 134 valence electrons. The van der Waals surface area contributed by atoms with Crippen molar-refractivity contribution in [3.05, 3.63) is 72.0 Å². The van der Waals surface area contributed by atoms with Gasteiger partial charge in [0.2, 0.25) is 0 Å². The van der Waals surface area contributed by atoms with Gasteiger partial charge in [-0.05, 0) is 44.0 Å². The summed E-state index contributed by atoms with van der Waals surface area (Å²) in [5.74, 6) is 1.92. The van der Waals surface area contributed by atoms with Crippen LogP contribution in [-0.4, -0.2) is 37.5 Å². The van der Waals surface area contributed by atoms with Gasteiger partial charge in [0.05, 0.1) is 5.69 Å². The number of imidazole rings is 1. The molecule has 6 heteroatoms. The minimum absolute atomic E-state index is 0.190. The van der Waals surface area contributed by atoms with Crippen LogP contribution in [0.5, 0.6) is 0 Å². The first-order chi connectivity index (χ1) is 12.7. The minimum Gasteiger partial charge on any atom is -0.298 e. The second-order valence-electron chi connectivity index (χ2n) is 6.81. The van der Waals surface area contributed by atoms with Crippen molar-refractivity contribution in [3.63, 3.8) is 0 Å². The number of likely N-dealkylation sites (tertiary alicyclic amines) is 1. The van der Waals surface area contributed by atoms with E-state index in [9.17, 15) is 4.39 Å². The Morgan fingerprint density at radius 3 is 2.65 bits per heavy atom. The quantitative estimate of drug-likeness (QED) is 0.722. The molecule has 1 fully saturated rings. The molecule has 2 aromatic heterocycles. The van der Waals surface area contributed by atoms with E-state index in [0.717, 1.165) is 55.4 Å². The number of rotatable bonds is 4. The topological polar surface area (TPSA) is 46.8 Å². The summed E-state index contributed by atoms with van der Waals surface area (Å²) in [4.78, 5) is 16.0. The Hall–Kier alpha value is -2.60. The van der Waals surface area contributed by atoms with Gasteiger partial charge in [-0.1, -0.05) is 12.1 Å². The molecule has 1 aliphatic rings. The maximum absolute atomic E-state index is 13.1. The predicted molar refractivity (Wildman–Crippen MR) is 97.5 cm³/mol. The summed E-state index contributed by atoms with van der Waals surface area (Å²) in [5.41, 5.74) is 2.16. The molecule has 1 atom stereocenters. The van der Waals surface area contributed by atoms with E-state index in [1.54, 1.807) is 18.6 Å². The van der Waals surface area contributed by atoms with Gasteiger partial charge >= 0.3 is 0 Å². The van der Waals surface area contributed by atoms with Crippen LogP contribution in [0.2, 0.25) is 0 Å². The molecule has 0 radical (unpaired) electrons. The smallest absolute Gasteiger partial charge is 0.160 e. The van der Waals surface area contributed by atoms with Crippen LogP contribution in [0.1, 0.15) is 35.8 Å². The van der Waals surface area contributed by atoms with Crippen LogP contribution in [0.4, 0.5) is 4.39 Å². The number of aromatic nitrogens is 4. The van der Waals surface area contributed by atoms with Crippen molar-refractivity contribution in [1.82, 2.24) is 24.4 Å². The molecule has 0 amide bonds. The van der Waals surface area contributed by atoms with Gasteiger partial charge in [-0.15, -0.1) is 0 Å². The van der Waals surface area contributed by atoms with E-state index in [2.05, 4.69) is 19.9 Å². The van der Waals surface area contributed by atoms with E-state index in [-0.39, 0.29) is 5.82 Å². The van der Waals surface area contributed by atoms with Crippen LogP contribution in [-0.2, 0) is 6.54 Å². The molecule has 3 aromatic rings. The third-order valence-corrected chi connectivity index (χ3v) is 4.97. The molecule has 0 unspecified atom stereocenters. The molecule has 1 aliphatic heterocycles. The van der Waals surface area contributed by atoms with Gasteiger partial charge in [0.25, 0.3) is 0 Å². The molecular weight excluding hydrogens is 329 g/mol. The number of hydrogen-bond donors (Lipinski definition) is 0. The number of aryl methyl sites for hydroxylation is 1. The third kappa shape index (κ3) is 3.51. The second-order valence-corrected chi connectivity index (χ2v) is 6.81. The lowest BCUT2D eigenvalue weighted by atomic mass is 9.94. The Kier molecular flexibility index (Phi) is 4.75. The Balaban J connectivity index is 1.55. The van der Waals surface area contributed by atoms with Gasteiger partial charge in [0, 0.05) is 43.8 Å². The van der Waals surface area contributed by atoms with Crippen LogP contribution in [0.25, 0.3) is 5.82 Å². The standard InChI is InChI=1S/C20H22FN5/c1-15-22-10-12-26(15)20-19(23-8-9-24-20)17-3-2-11-25(14-17)13-16-4-6-18(21)7-5-16/h4-10,12,17H,2-3,11,13-14H2,1H3/t17-/m0/s1. The first-order valence-electron chi connectivity index (χ1n) is 8.99. The molecular formula is C20H22FN5. The van der Waals surface area contributed by atoms with Crippen molar-refractivity contribution in [2.45, 2.75) is 32.2 Å². The van der Waals surface area contributed by atoms with E-state index < -0.39 is 0 Å². The predicted octanol–water partition coefficient (Wildman–Crippen LogP) is 3.49. The van der Waals surface area contributed by atoms with Crippen LogP contribution in [0.3, 0.4) is 0 Å². The zero-order valence-electron chi connectivity index (χ0n) is 14.8. The highest BCUT2D eigenvalue weighted by Gasteiger charge is 2.26. The fraction of sp³-hybridized carbons (Fsp3) is 0.350. The average molecular weight is 351 g/mol. The summed E-state index contributed by atoms with van der Waals surface area (Å²) in [6.45, 7) is 4.78. The number of piperidine rings is 1. The maximum Gasteiger partial charge on any atom is 0.160 e. The molecule has 0 bridgehead atoms. The number of halogens is 1. The summed E-state index contributed by atoms with van der Waals surface area (Å²) in [5, 5.41) is 0. The average Bonchev–Trinajstić information content (AvgIpc) is 3.10. The molecule has 1 aromatic carbocycles. The van der Waals surface area contributed by atoms with Gasteiger partial charge in [0.1, 0.15) is 11.6 Å². The van der Waals surface area contributed by atoms with Gasteiger partial charge in [-0.25, -0.2) is 14.4 Å². The lowest BCUT2D eigenvalue weighted by Crippen LogP contribution is -2.34. The van der Waals surface area contributed by atoms with E-state index >= 15 is 0 Å². The summed E-state index contributed by atoms with van der Waals surface area (Å²) < 4.78 is 15.1.